The number of fused-ring (bicyclic) bond motifs is 1. The van der Waals surface area contributed by atoms with E-state index in [1.54, 1.807) is 0 Å². The summed E-state index contributed by atoms with van der Waals surface area (Å²) in [6.45, 7) is -0.697. The summed E-state index contributed by atoms with van der Waals surface area (Å²) in [4.78, 5) is 12.7. The summed E-state index contributed by atoms with van der Waals surface area (Å²) in [6, 6.07) is 3.85. The average Bonchev–Trinajstić information content (AvgIpc) is 2.79. The first-order chi connectivity index (χ1) is 16.0. The molecule has 4 rings (SSSR count). The minimum atomic E-state index is -1.75. The number of ether oxygens (including phenoxy) is 2. The largest absolute Gasteiger partial charge is 0.507 e. The molecule has 0 bridgehead atoms. The third-order valence-corrected chi connectivity index (χ3v) is 5.36. The van der Waals surface area contributed by atoms with Crippen molar-refractivity contribution < 1.29 is 59.8 Å². The Morgan fingerprint density at radius 2 is 1.47 bits per heavy atom. The summed E-state index contributed by atoms with van der Waals surface area (Å²) in [6.07, 6.45) is -7.94. The highest BCUT2D eigenvalue weighted by atomic mass is 16.7. The molecule has 1 aliphatic rings. The van der Waals surface area contributed by atoms with E-state index in [-0.39, 0.29) is 16.9 Å². The molecule has 0 saturated carbocycles. The van der Waals surface area contributed by atoms with E-state index in [1.165, 1.54) is 0 Å². The quantitative estimate of drug-likeness (QED) is 0.208. The maximum atomic E-state index is 12.7. The lowest BCUT2D eigenvalue weighted by Crippen LogP contribution is -2.60. The predicted octanol–water partition coefficient (Wildman–Crippen LogP) is -0.833. The van der Waals surface area contributed by atoms with Gasteiger partial charge in [0.2, 0.25) is 17.5 Å². The zero-order chi connectivity index (χ0) is 24.9. The van der Waals surface area contributed by atoms with Crippen LogP contribution in [0.2, 0.25) is 0 Å². The van der Waals surface area contributed by atoms with Crippen LogP contribution in [-0.2, 0) is 4.74 Å². The molecule has 9 N–H and O–H groups in total. The Labute approximate surface area is 189 Å². The van der Waals surface area contributed by atoms with Gasteiger partial charge in [0.15, 0.2) is 23.0 Å². The summed E-state index contributed by atoms with van der Waals surface area (Å²) in [5.41, 5.74) is -1.59. The number of hydrogen-bond acceptors (Lipinski definition) is 13. The van der Waals surface area contributed by atoms with Gasteiger partial charge in [-0.1, -0.05) is 0 Å². The Balaban J connectivity index is 1.78. The summed E-state index contributed by atoms with van der Waals surface area (Å²) in [7, 11) is 0. The van der Waals surface area contributed by atoms with E-state index in [2.05, 4.69) is 0 Å². The van der Waals surface area contributed by atoms with Crippen molar-refractivity contribution in [1.82, 2.24) is 0 Å². The molecule has 13 heteroatoms. The van der Waals surface area contributed by atoms with Gasteiger partial charge in [-0.15, -0.1) is 0 Å². The van der Waals surface area contributed by atoms with E-state index < -0.39 is 82.6 Å². The molecular weight excluding hydrogens is 460 g/mol. The van der Waals surface area contributed by atoms with Crippen LogP contribution in [0.4, 0.5) is 0 Å². The van der Waals surface area contributed by atoms with Crippen LogP contribution in [-0.4, -0.2) is 83.3 Å². The molecule has 1 aromatic heterocycles. The Kier molecular flexibility index (Phi) is 5.89. The lowest BCUT2D eigenvalue weighted by Gasteiger charge is -2.39. The second kappa shape index (κ2) is 8.55. The fraction of sp³-hybridized carbons (Fsp3) is 0.286. The van der Waals surface area contributed by atoms with E-state index in [0.29, 0.717) is 0 Å². The summed E-state index contributed by atoms with van der Waals surface area (Å²) in [5.74, 6) is -4.77. The lowest BCUT2D eigenvalue weighted by molar-refractivity contribution is -0.277. The van der Waals surface area contributed by atoms with E-state index in [1.807, 2.05) is 0 Å². The first-order valence-corrected chi connectivity index (χ1v) is 9.78. The molecule has 0 aliphatic carbocycles. The fourth-order valence-corrected chi connectivity index (χ4v) is 3.56. The third-order valence-electron chi connectivity index (χ3n) is 5.36. The van der Waals surface area contributed by atoms with Gasteiger partial charge in [-0.2, -0.15) is 0 Å². The molecule has 3 aromatic rings. The normalized spacial score (nSPS) is 24.9. The number of benzene rings is 2. The Morgan fingerprint density at radius 3 is 2.09 bits per heavy atom. The van der Waals surface area contributed by atoms with Crippen LogP contribution in [0, 0.1) is 0 Å². The molecule has 13 nitrogen and oxygen atoms in total. The molecule has 0 spiro atoms. The van der Waals surface area contributed by atoms with Crippen LogP contribution in [0.25, 0.3) is 22.3 Å². The Bertz CT molecular complexity index is 1280. The fourth-order valence-electron chi connectivity index (χ4n) is 3.56. The van der Waals surface area contributed by atoms with Gasteiger partial charge < -0.3 is 59.8 Å². The van der Waals surface area contributed by atoms with Crippen molar-refractivity contribution in [3.05, 3.63) is 34.5 Å². The summed E-state index contributed by atoms with van der Waals surface area (Å²) in [5, 5.41) is 88.3. The molecule has 1 aliphatic heterocycles. The Morgan fingerprint density at radius 1 is 0.824 bits per heavy atom. The van der Waals surface area contributed by atoms with Gasteiger partial charge in [0.1, 0.15) is 46.9 Å². The number of aliphatic hydroxyl groups excluding tert-OH is 4. The molecule has 1 saturated heterocycles. The lowest BCUT2D eigenvalue weighted by atomic mass is 9.99. The maximum Gasteiger partial charge on any atom is 0.238 e. The molecule has 2 aromatic carbocycles. The second-order valence-corrected chi connectivity index (χ2v) is 7.60. The van der Waals surface area contributed by atoms with Gasteiger partial charge in [-0.3, -0.25) is 4.79 Å². The molecular formula is C21H20O13. The summed E-state index contributed by atoms with van der Waals surface area (Å²) >= 11 is 0. The van der Waals surface area contributed by atoms with Gasteiger partial charge in [-0.25, -0.2) is 0 Å². The van der Waals surface area contributed by atoms with Crippen molar-refractivity contribution in [2.45, 2.75) is 30.7 Å². The van der Waals surface area contributed by atoms with Crippen LogP contribution >= 0.6 is 0 Å². The summed E-state index contributed by atoms with van der Waals surface area (Å²) < 4.78 is 16.2. The van der Waals surface area contributed by atoms with Crippen molar-refractivity contribution in [2.75, 3.05) is 6.61 Å². The van der Waals surface area contributed by atoms with E-state index in [9.17, 15) is 50.8 Å². The molecule has 0 amide bonds. The number of rotatable bonds is 4. The minimum absolute atomic E-state index is 0.191. The second-order valence-electron chi connectivity index (χ2n) is 7.60. The monoisotopic (exact) mass is 480 g/mol. The number of aliphatic hydroxyl groups is 4. The van der Waals surface area contributed by atoms with Crippen molar-refractivity contribution in [3.63, 3.8) is 0 Å². The van der Waals surface area contributed by atoms with Crippen LogP contribution in [0.3, 0.4) is 0 Å². The maximum absolute atomic E-state index is 12.7. The van der Waals surface area contributed by atoms with Crippen LogP contribution < -0.4 is 10.2 Å². The molecule has 182 valence electrons. The molecule has 2 heterocycles. The van der Waals surface area contributed by atoms with Crippen LogP contribution in [0.5, 0.6) is 34.5 Å². The Hall–Kier alpha value is -3.75. The highest BCUT2D eigenvalue weighted by Crippen LogP contribution is 2.42. The molecule has 1 fully saturated rings. The third kappa shape index (κ3) is 3.81. The topological polar surface area (TPSA) is 231 Å². The average molecular weight is 480 g/mol. The highest BCUT2D eigenvalue weighted by Gasteiger charge is 2.44. The van der Waals surface area contributed by atoms with Crippen molar-refractivity contribution in [3.8, 4) is 45.8 Å². The standard InChI is InChI=1S/C21H20O13/c22-5-12-15(27)17(29)19(31)21(34-12)32-7-3-8(23)13-11(4-7)33-20(18(30)16(13)28)6-1-9(24)14(26)10(25)2-6/h1-4,12,15,17,19,21-27,29-31H,5H2. The van der Waals surface area contributed by atoms with Gasteiger partial charge in [-0.05, 0) is 12.1 Å². The van der Waals surface area contributed by atoms with Gasteiger partial charge >= 0.3 is 0 Å². The number of phenolic OH excluding ortho intramolecular Hbond substituents is 4. The first-order valence-electron chi connectivity index (χ1n) is 9.78. The van der Waals surface area contributed by atoms with E-state index >= 15 is 0 Å². The van der Waals surface area contributed by atoms with Crippen LogP contribution in [0.1, 0.15) is 0 Å². The highest BCUT2D eigenvalue weighted by molar-refractivity contribution is 5.88. The molecule has 0 radical (unpaired) electrons. The molecule has 34 heavy (non-hydrogen) atoms. The zero-order valence-electron chi connectivity index (χ0n) is 17.1. The van der Waals surface area contributed by atoms with E-state index in [4.69, 9.17) is 13.9 Å². The van der Waals surface area contributed by atoms with Crippen molar-refractivity contribution in [1.29, 1.82) is 0 Å². The van der Waals surface area contributed by atoms with Gasteiger partial charge in [0.25, 0.3) is 0 Å². The van der Waals surface area contributed by atoms with Crippen LogP contribution in [0.15, 0.2) is 33.5 Å². The number of hydrogen-bond donors (Lipinski definition) is 9. The first kappa shape index (κ1) is 23.4. The zero-order valence-corrected chi connectivity index (χ0v) is 17.1. The minimum Gasteiger partial charge on any atom is -0.507 e. The smallest absolute Gasteiger partial charge is 0.238 e. The molecule has 5 unspecified atom stereocenters. The predicted molar refractivity (Wildman–Crippen MR) is 111 cm³/mol. The van der Waals surface area contributed by atoms with Gasteiger partial charge in [0, 0.05) is 17.7 Å². The van der Waals surface area contributed by atoms with Crippen molar-refractivity contribution in [2.24, 2.45) is 0 Å². The SMILES string of the molecule is O=c1c(O)c(-c2cc(O)c(O)c(O)c2)oc2cc(OC3OC(CO)C(O)C(O)C3O)cc(O)c12. The number of aromatic hydroxyl groups is 5. The number of phenols is 4. The van der Waals surface area contributed by atoms with E-state index in [0.717, 1.165) is 24.3 Å². The van der Waals surface area contributed by atoms with Crippen molar-refractivity contribution >= 4 is 11.0 Å². The van der Waals surface area contributed by atoms with Gasteiger partial charge in [0.05, 0.1) is 6.61 Å². The molecule has 5 atom stereocenters.